The van der Waals surface area contributed by atoms with E-state index in [2.05, 4.69) is 10.3 Å². The summed E-state index contributed by atoms with van der Waals surface area (Å²) in [5.74, 6) is 0.745. The lowest BCUT2D eigenvalue weighted by Crippen LogP contribution is -2.37. The van der Waals surface area contributed by atoms with Gasteiger partial charge in [-0.1, -0.05) is 0 Å². The fourth-order valence-electron chi connectivity index (χ4n) is 1.43. The number of nitrogens with zero attached hydrogens (tertiary/aromatic N) is 3. The van der Waals surface area contributed by atoms with Crippen LogP contribution < -0.4 is 10.2 Å². The molecule has 1 aromatic heterocycles. The molecular formula is C14H20N4O2. The van der Waals surface area contributed by atoms with Crippen LogP contribution in [0.3, 0.4) is 0 Å². The minimum absolute atomic E-state index is 0.432. The van der Waals surface area contributed by atoms with Crippen LogP contribution in [-0.2, 0) is 4.74 Å². The second-order valence-electron chi connectivity index (χ2n) is 5.37. The smallest absolute Gasteiger partial charge is 0.407 e. The Morgan fingerprint density at radius 1 is 1.50 bits per heavy atom. The van der Waals surface area contributed by atoms with E-state index >= 15 is 0 Å². The van der Waals surface area contributed by atoms with Gasteiger partial charge in [-0.05, 0) is 32.9 Å². The number of nitrogens with one attached hydrogen (secondary N) is 1. The fourth-order valence-corrected chi connectivity index (χ4v) is 1.43. The Balaban J connectivity index is 2.38. The molecule has 0 saturated heterocycles. The molecule has 20 heavy (non-hydrogen) atoms. The highest BCUT2D eigenvalue weighted by Gasteiger charge is 2.15. The lowest BCUT2D eigenvalue weighted by atomic mass is 10.2. The number of aromatic nitrogens is 1. The SMILES string of the molecule is CN(CCNC(=O)OC(C)(C)C)c1ccc(C#N)cn1. The van der Waals surface area contributed by atoms with Crippen molar-refractivity contribution in [1.82, 2.24) is 10.3 Å². The number of nitriles is 1. The number of alkyl carbamates (subject to hydrolysis) is 1. The zero-order valence-corrected chi connectivity index (χ0v) is 12.3. The number of amides is 1. The third-order valence-electron chi connectivity index (χ3n) is 2.38. The van der Waals surface area contributed by atoms with Crippen molar-refractivity contribution >= 4 is 11.9 Å². The number of likely N-dealkylation sites (N-methyl/N-ethyl adjacent to an activating group) is 1. The van der Waals surface area contributed by atoms with Crippen molar-refractivity contribution < 1.29 is 9.53 Å². The van der Waals surface area contributed by atoms with Crippen molar-refractivity contribution in [2.45, 2.75) is 26.4 Å². The molecule has 0 aliphatic heterocycles. The third-order valence-corrected chi connectivity index (χ3v) is 2.38. The largest absolute Gasteiger partial charge is 0.444 e. The predicted octanol–water partition coefficient (Wildman–Crippen LogP) is 1.91. The Morgan fingerprint density at radius 2 is 2.20 bits per heavy atom. The molecule has 0 aliphatic carbocycles. The highest BCUT2D eigenvalue weighted by molar-refractivity contribution is 5.67. The summed E-state index contributed by atoms with van der Waals surface area (Å²) < 4.78 is 5.14. The maximum absolute atomic E-state index is 11.5. The van der Waals surface area contributed by atoms with Gasteiger partial charge in [0.15, 0.2) is 0 Å². The second-order valence-corrected chi connectivity index (χ2v) is 5.37. The maximum atomic E-state index is 11.5. The Kier molecular flexibility index (Phi) is 5.32. The van der Waals surface area contributed by atoms with Crippen LogP contribution in [0.5, 0.6) is 0 Å². The summed E-state index contributed by atoms with van der Waals surface area (Å²) in [6.07, 6.45) is 1.09. The molecule has 0 bridgehead atoms. The van der Waals surface area contributed by atoms with Gasteiger partial charge in [0.1, 0.15) is 17.5 Å². The summed E-state index contributed by atoms with van der Waals surface area (Å²) >= 11 is 0. The summed E-state index contributed by atoms with van der Waals surface area (Å²) in [5.41, 5.74) is 0.0269. The molecule has 1 N–H and O–H groups in total. The van der Waals surface area contributed by atoms with Crippen LogP contribution in [0.15, 0.2) is 18.3 Å². The van der Waals surface area contributed by atoms with Crippen molar-refractivity contribution in [3.8, 4) is 6.07 Å². The van der Waals surface area contributed by atoms with Gasteiger partial charge in [-0.15, -0.1) is 0 Å². The summed E-state index contributed by atoms with van der Waals surface area (Å²) in [4.78, 5) is 17.5. The van der Waals surface area contributed by atoms with E-state index < -0.39 is 11.7 Å². The van der Waals surface area contributed by atoms with E-state index in [1.54, 1.807) is 12.1 Å². The highest BCUT2D eigenvalue weighted by Crippen LogP contribution is 2.09. The number of hydrogen-bond donors (Lipinski definition) is 1. The minimum Gasteiger partial charge on any atom is -0.444 e. The molecule has 1 aromatic rings. The first-order chi connectivity index (χ1) is 9.31. The van der Waals surface area contributed by atoms with Crippen LogP contribution in [0.4, 0.5) is 10.6 Å². The van der Waals surface area contributed by atoms with E-state index in [1.807, 2.05) is 38.8 Å². The van der Waals surface area contributed by atoms with Gasteiger partial charge in [-0.3, -0.25) is 0 Å². The molecule has 1 heterocycles. The minimum atomic E-state index is -0.495. The molecule has 0 fully saturated rings. The van der Waals surface area contributed by atoms with Crippen molar-refractivity contribution in [1.29, 1.82) is 5.26 Å². The number of carbonyl (C=O) groups excluding carboxylic acids is 1. The molecule has 0 radical (unpaired) electrons. The topological polar surface area (TPSA) is 78.3 Å². The van der Waals surface area contributed by atoms with Gasteiger partial charge in [0.05, 0.1) is 5.56 Å². The summed E-state index contributed by atoms with van der Waals surface area (Å²) in [6, 6.07) is 5.50. The first-order valence-corrected chi connectivity index (χ1v) is 6.36. The Labute approximate surface area is 119 Å². The molecule has 108 valence electrons. The van der Waals surface area contributed by atoms with Gasteiger partial charge >= 0.3 is 6.09 Å². The first-order valence-electron chi connectivity index (χ1n) is 6.36. The predicted molar refractivity (Wildman–Crippen MR) is 76.5 cm³/mol. The van der Waals surface area contributed by atoms with Gasteiger partial charge in [0, 0.05) is 26.3 Å². The molecule has 0 aliphatic rings. The van der Waals surface area contributed by atoms with Crippen LogP contribution >= 0.6 is 0 Å². The van der Waals surface area contributed by atoms with Crippen molar-refractivity contribution in [2.75, 3.05) is 25.0 Å². The molecule has 0 aromatic carbocycles. The van der Waals surface area contributed by atoms with E-state index in [1.165, 1.54) is 6.20 Å². The molecule has 1 amide bonds. The number of hydrogen-bond acceptors (Lipinski definition) is 5. The van der Waals surface area contributed by atoms with Crippen LogP contribution in [0.1, 0.15) is 26.3 Å². The summed E-state index contributed by atoms with van der Waals surface area (Å²) in [5, 5.41) is 11.4. The molecule has 6 heteroatoms. The van der Waals surface area contributed by atoms with E-state index in [0.717, 1.165) is 5.82 Å². The van der Waals surface area contributed by atoms with Gasteiger partial charge in [-0.2, -0.15) is 5.26 Å². The van der Waals surface area contributed by atoms with Crippen molar-refractivity contribution in [3.05, 3.63) is 23.9 Å². The second kappa shape index (κ2) is 6.75. The van der Waals surface area contributed by atoms with E-state index in [9.17, 15) is 4.79 Å². The normalized spacial score (nSPS) is 10.6. The maximum Gasteiger partial charge on any atom is 0.407 e. The van der Waals surface area contributed by atoms with Crippen LogP contribution in [0.25, 0.3) is 0 Å². The highest BCUT2D eigenvalue weighted by atomic mass is 16.6. The van der Waals surface area contributed by atoms with Crippen LogP contribution in [-0.4, -0.2) is 36.8 Å². The zero-order chi connectivity index (χ0) is 15.2. The molecule has 6 nitrogen and oxygen atoms in total. The van der Waals surface area contributed by atoms with Gasteiger partial charge < -0.3 is 15.0 Å². The lowest BCUT2D eigenvalue weighted by Gasteiger charge is -2.21. The summed E-state index contributed by atoms with van der Waals surface area (Å²) in [6.45, 7) is 6.50. The number of ether oxygens (including phenoxy) is 1. The number of anilines is 1. The van der Waals surface area contributed by atoms with Crippen molar-refractivity contribution in [2.24, 2.45) is 0 Å². The molecule has 0 saturated carbocycles. The number of rotatable bonds is 4. The average Bonchev–Trinajstić information content (AvgIpc) is 2.36. The van der Waals surface area contributed by atoms with E-state index in [0.29, 0.717) is 18.7 Å². The van der Waals surface area contributed by atoms with E-state index in [4.69, 9.17) is 10.00 Å². The monoisotopic (exact) mass is 276 g/mol. The average molecular weight is 276 g/mol. The van der Waals surface area contributed by atoms with Gasteiger partial charge in [0.2, 0.25) is 0 Å². The first kappa shape index (κ1) is 15.8. The standard InChI is InChI=1S/C14H20N4O2/c1-14(2,3)20-13(19)16-7-8-18(4)12-6-5-11(9-15)10-17-12/h5-6,10H,7-8H2,1-4H3,(H,16,19). The number of carbonyl (C=O) groups is 1. The van der Waals surface area contributed by atoms with Crippen molar-refractivity contribution in [3.63, 3.8) is 0 Å². The summed E-state index contributed by atoms with van der Waals surface area (Å²) in [7, 11) is 1.87. The Hall–Kier alpha value is -2.29. The molecule has 0 unspecified atom stereocenters. The van der Waals surface area contributed by atoms with Gasteiger partial charge in [-0.25, -0.2) is 9.78 Å². The molecule has 1 rings (SSSR count). The Morgan fingerprint density at radius 3 is 2.70 bits per heavy atom. The number of pyridine rings is 1. The third kappa shape index (κ3) is 5.57. The molecule has 0 atom stereocenters. The van der Waals surface area contributed by atoms with E-state index in [-0.39, 0.29) is 0 Å². The quantitative estimate of drug-likeness (QED) is 0.909. The van der Waals surface area contributed by atoms with Crippen LogP contribution in [0.2, 0.25) is 0 Å². The Bertz CT molecular complexity index is 485. The van der Waals surface area contributed by atoms with Crippen LogP contribution in [0, 0.1) is 11.3 Å². The lowest BCUT2D eigenvalue weighted by molar-refractivity contribution is 0.0529. The molecular weight excluding hydrogens is 256 g/mol. The molecule has 0 spiro atoms. The fraction of sp³-hybridized carbons (Fsp3) is 0.500. The van der Waals surface area contributed by atoms with Gasteiger partial charge in [0.25, 0.3) is 0 Å². The zero-order valence-electron chi connectivity index (χ0n) is 12.3.